The fraction of sp³-hybridized carbons (Fsp3) is 0.0769. The zero-order valence-corrected chi connectivity index (χ0v) is 11.8. The van der Waals surface area contributed by atoms with E-state index in [4.69, 9.17) is 0 Å². The summed E-state index contributed by atoms with van der Waals surface area (Å²) in [7, 11) is 0. The molecule has 0 bridgehead atoms. The summed E-state index contributed by atoms with van der Waals surface area (Å²) < 4.78 is 2.20. The highest BCUT2D eigenvalue weighted by Gasteiger charge is 1.99. The summed E-state index contributed by atoms with van der Waals surface area (Å²) in [4.78, 5) is 8.59. The zero-order valence-electron chi connectivity index (χ0n) is 9.43. The third-order valence-corrected chi connectivity index (χ3v) is 3.85. The van der Waals surface area contributed by atoms with Crippen LogP contribution in [0.3, 0.4) is 0 Å². The Morgan fingerprint density at radius 1 is 1.17 bits per heavy atom. The van der Waals surface area contributed by atoms with Gasteiger partial charge >= 0.3 is 0 Å². The Labute approximate surface area is 117 Å². The SMILES string of the molecule is Brc1ccc(CNc2ccc3ncsc3c2)nc1. The van der Waals surface area contributed by atoms with Gasteiger partial charge in [-0.3, -0.25) is 4.98 Å². The van der Waals surface area contributed by atoms with Crippen molar-refractivity contribution in [1.29, 1.82) is 0 Å². The third kappa shape index (κ3) is 2.52. The average molecular weight is 320 g/mol. The van der Waals surface area contributed by atoms with Gasteiger partial charge in [-0.15, -0.1) is 11.3 Å². The van der Waals surface area contributed by atoms with E-state index in [0.717, 1.165) is 27.9 Å². The smallest absolute Gasteiger partial charge is 0.0813 e. The Kier molecular flexibility index (Phi) is 3.25. The number of thiazole rings is 1. The summed E-state index contributed by atoms with van der Waals surface area (Å²) in [6.07, 6.45) is 1.81. The Bertz CT molecular complexity index is 663. The molecule has 5 heteroatoms. The van der Waals surface area contributed by atoms with Gasteiger partial charge in [-0.2, -0.15) is 0 Å². The van der Waals surface area contributed by atoms with Crippen molar-refractivity contribution < 1.29 is 0 Å². The maximum Gasteiger partial charge on any atom is 0.0813 e. The molecule has 3 rings (SSSR count). The van der Waals surface area contributed by atoms with Crippen LogP contribution in [0.25, 0.3) is 10.2 Å². The molecule has 0 aliphatic carbocycles. The lowest BCUT2D eigenvalue weighted by atomic mass is 10.3. The monoisotopic (exact) mass is 319 g/mol. The molecule has 3 nitrogen and oxygen atoms in total. The summed E-state index contributed by atoms with van der Waals surface area (Å²) in [5, 5.41) is 3.36. The number of nitrogens with one attached hydrogen (secondary N) is 1. The van der Waals surface area contributed by atoms with Crippen LogP contribution >= 0.6 is 27.3 Å². The molecule has 3 aromatic rings. The van der Waals surface area contributed by atoms with Crippen LogP contribution in [-0.4, -0.2) is 9.97 Å². The number of hydrogen-bond donors (Lipinski definition) is 1. The minimum atomic E-state index is 0.720. The van der Waals surface area contributed by atoms with E-state index in [-0.39, 0.29) is 0 Å². The molecule has 90 valence electrons. The van der Waals surface area contributed by atoms with E-state index >= 15 is 0 Å². The lowest BCUT2D eigenvalue weighted by molar-refractivity contribution is 1.04. The Morgan fingerprint density at radius 2 is 2.11 bits per heavy atom. The number of anilines is 1. The first-order valence-corrected chi connectivity index (χ1v) is 7.16. The molecule has 0 saturated carbocycles. The second-order valence-electron chi connectivity index (χ2n) is 3.86. The van der Waals surface area contributed by atoms with Gasteiger partial charge < -0.3 is 5.32 Å². The second kappa shape index (κ2) is 5.04. The van der Waals surface area contributed by atoms with Crippen molar-refractivity contribution in [1.82, 2.24) is 9.97 Å². The summed E-state index contributed by atoms with van der Waals surface area (Å²) in [5.74, 6) is 0. The van der Waals surface area contributed by atoms with E-state index in [1.54, 1.807) is 11.3 Å². The fourth-order valence-corrected chi connectivity index (χ4v) is 2.62. The van der Waals surface area contributed by atoms with Crippen LogP contribution < -0.4 is 5.32 Å². The number of halogens is 1. The van der Waals surface area contributed by atoms with Gasteiger partial charge in [0, 0.05) is 16.4 Å². The summed E-state index contributed by atoms with van der Waals surface area (Å²) in [6.45, 7) is 0.720. The van der Waals surface area contributed by atoms with Gasteiger partial charge in [-0.25, -0.2) is 4.98 Å². The first-order valence-electron chi connectivity index (χ1n) is 5.49. The van der Waals surface area contributed by atoms with Crippen molar-refractivity contribution in [2.75, 3.05) is 5.32 Å². The van der Waals surface area contributed by atoms with Gasteiger partial charge in [-0.1, -0.05) is 0 Å². The molecular weight excluding hydrogens is 310 g/mol. The van der Waals surface area contributed by atoms with Crippen molar-refractivity contribution in [3.05, 3.63) is 52.2 Å². The van der Waals surface area contributed by atoms with Crippen molar-refractivity contribution in [3.63, 3.8) is 0 Å². The van der Waals surface area contributed by atoms with Gasteiger partial charge in [-0.05, 0) is 46.3 Å². The molecule has 0 aliphatic heterocycles. The Morgan fingerprint density at radius 3 is 2.94 bits per heavy atom. The molecule has 0 aliphatic rings. The van der Waals surface area contributed by atoms with E-state index in [2.05, 4.69) is 37.3 Å². The summed E-state index contributed by atoms with van der Waals surface area (Å²) >= 11 is 5.03. The number of rotatable bonds is 3. The topological polar surface area (TPSA) is 37.8 Å². The van der Waals surface area contributed by atoms with E-state index in [1.807, 2.05) is 36.0 Å². The maximum atomic E-state index is 4.33. The van der Waals surface area contributed by atoms with Gasteiger partial charge in [0.1, 0.15) is 0 Å². The van der Waals surface area contributed by atoms with Crippen LogP contribution in [0.4, 0.5) is 5.69 Å². The number of nitrogens with zero attached hydrogens (tertiary/aromatic N) is 2. The van der Waals surface area contributed by atoms with Crippen molar-refractivity contribution >= 4 is 43.2 Å². The third-order valence-electron chi connectivity index (χ3n) is 2.59. The van der Waals surface area contributed by atoms with E-state index < -0.39 is 0 Å². The highest BCUT2D eigenvalue weighted by atomic mass is 79.9. The van der Waals surface area contributed by atoms with Crippen LogP contribution in [0, 0.1) is 0 Å². The van der Waals surface area contributed by atoms with Gasteiger partial charge in [0.25, 0.3) is 0 Å². The van der Waals surface area contributed by atoms with E-state index in [1.165, 1.54) is 4.70 Å². The normalized spacial score (nSPS) is 10.7. The number of hydrogen-bond acceptors (Lipinski definition) is 4. The van der Waals surface area contributed by atoms with Gasteiger partial charge in [0.05, 0.1) is 28.0 Å². The average Bonchev–Trinajstić information content (AvgIpc) is 2.85. The number of fused-ring (bicyclic) bond motifs is 1. The lowest BCUT2D eigenvalue weighted by Crippen LogP contribution is -2.00. The van der Waals surface area contributed by atoms with Crippen molar-refractivity contribution in [2.24, 2.45) is 0 Å². The van der Waals surface area contributed by atoms with Crippen LogP contribution in [0.15, 0.2) is 46.5 Å². The molecule has 2 aromatic heterocycles. The second-order valence-corrected chi connectivity index (χ2v) is 5.66. The minimum Gasteiger partial charge on any atom is -0.379 e. The zero-order chi connectivity index (χ0) is 12.4. The highest BCUT2D eigenvalue weighted by molar-refractivity contribution is 9.10. The molecule has 1 aromatic carbocycles. The molecule has 0 spiro atoms. The molecule has 1 N–H and O–H groups in total. The molecule has 0 saturated heterocycles. The fourth-order valence-electron chi connectivity index (χ4n) is 1.67. The molecular formula is C13H10BrN3S. The molecule has 18 heavy (non-hydrogen) atoms. The first-order chi connectivity index (χ1) is 8.81. The molecule has 0 unspecified atom stereocenters. The van der Waals surface area contributed by atoms with Crippen molar-refractivity contribution in [2.45, 2.75) is 6.54 Å². The lowest BCUT2D eigenvalue weighted by Gasteiger charge is -2.05. The van der Waals surface area contributed by atoms with Gasteiger partial charge in [0.15, 0.2) is 0 Å². The van der Waals surface area contributed by atoms with E-state index in [0.29, 0.717) is 0 Å². The molecule has 2 heterocycles. The summed E-state index contributed by atoms with van der Waals surface area (Å²) in [6, 6.07) is 10.2. The molecule has 0 atom stereocenters. The quantitative estimate of drug-likeness (QED) is 0.790. The van der Waals surface area contributed by atoms with Crippen LogP contribution in [0.5, 0.6) is 0 Å². The summed E-state index contributed by atoms with van der Waals surface area (Å²) in [5.41, 5.74) is 5.02. The predicted octanol–water partition coefficient (Wildman–Crippen LogP) is 4.07. The molecule has 0 radical (unpaired) electrons. The number of benzene rings is 1. The number of aromatic nitrogens is 2. The maximum absolute atomic E-state index is 4.33. The van der Waals surface area contributed by atoms with E-state index in [9.17, 15) is 0 Å². The largest absolute Gasteiger partial charge is 0.379 e. The van der Waals surface area contributed by atoms with Crippen molar-refractivity contribution in [3.8, 4) is 0 Å². The Balaban J connectivity index is 1.74. The predicted molar refractivity (Wildman–Crippen MR) is 78.9 cm³/mol. The highest BCUT2D eigenvalue weighted by Crippen LogP contribution is 2.22. The van der Waals surface area contributed by atoms with Crippen LogP contribution in [0.2, 0.25) is 0 Å². The van der Waals surface area contributed by atoms with Crippen LogP contribution in [-0.2, 0) is 6.54 Å². The first kappa shape index (κ1) is 11.6. The molecule has 0 fully saturated rings. The van der Waals surface area contributed by atoms with Gasteiger partial charge in [0.2, 0.25) is 0 Å². The number of pyridine rings is 1. The Hall–Kier alpha value is -1.46. The minimum absolute atomic E-state index is 0.720. The standard InChI is InChI=1S/C13H10BrN3S/c14-9-1-2-11(15-6-9)7-16-10-3-4-12-13(5-10)18-8-17-12/h1-6,8,16H,7H2. The molecule has 0 amide bonds. The van der Waals surface area contributed by atoms with Crippen LogP contribution in [0.1, 0.15) is 5.69 Å².